The average Bonchev–Trinajstić information content (AvgIpc) is 2.32. The van der Waals surface area contributed by atoms with Crippen LogP contribution in [0.4, 0.5) is 11.4 Å². The van der Waals surface area contributed by atoms with Gasteiger partial charge < -0.3 is 10.1 Å². The molecule has 1 amide bonds. The number of nitro benzene ring substituents is 1. The standard InChI is InChI=1S/C12H13BrN2O5/c1-3-20-11(17)6-10(16)14-12-8(13)4-7(2)5-9(12)15(18)19/h4-5H,3,6H2,1-2H3,(H,14,16). The molecule has 0 bridgehead atoms. The monoisotopic (exact) mass is 344 g/mol. The summed E-state index contributed by atoms with van der Waals surface area (Å²) in [5, 5.41) is 13.3. The highest BCUT2D eigenvalue weighted by molar-refractivity contribution is 9.10. The molecule has 7 nitrogen and oxygen atoms in total. The Labute approximate surface area is 123 Å². The number of carbonyl (C=O) groups is 2. The Hall–Kier alpha value is -1.96. The number of halogens is 1. The van der Waals surface area contributed by atoms with Crippen molar-refractivity contribution in [1.29, 1.82) is 0 Å². The summed E-state index contributed by atoms with van der Waals surface area (Å²) < 4.78 is 5.01. The molecular formula is C12H13BrN2O5. The summed E-state index contributed by atoms with van der Waals surface area (Å²) in [5.74, 6) is -1.35. The highest BCUT2D eigenvalue weighted by Crippen LogP contribution is 2.33. The van der Waals surface area contributed by atoms with Crippen molar-refractivity contribution in [3.8, 4) is 0 Å². The first-order chi connectivity index (χ1) is 9.35. The van der Waals surface area contributed by atoms with Crippen molar-refractivity contribution >= 4 is 39.2 Å². The quantitative estimate of drug-likeness (QED) is 0.383. The van der Waals surface area contributed by atoms with Gasteiger partial charge in [-0.2, -0.15) is 0 Å². The Kier molecular flexibility index (Phi) is 5.63. The van der Waals surface area contributed by atoms with Gasteiger partial charge in [-0.05, 0) is 41.4 Å². The third-order valence-electron chi connectivity index (χ3n) is 2.29. The molecule has 0 radical (unpaired) electrons. The van der Waals surface area contributed by atoms with E-state index in [4.69, 9.17) is 0 Å². The largest absolute Gasteiger partial charge is 0.466 e. The fraction of sp³-hybridized carbons (Fsp3) is 0.333. The molecule has 1 N–H and O–H groups in total. The summed E-state index contributed by atoms with van der Waals surface area (Å²) in [6.45, 7) is 3.49. The van der Waals surface area contributed by atoms with E-state index in [1.54, 1.807) is 19.9 Å². The van der Waals surface area contributed by atoms with E-state index >= 15 is 0 Å². The summed E-state index contributed by atoms with van der Waals surface area (Å²) in [5.41, 5.74) is 0.455. The van der Waals surface area contributed by atoms with Gasteiger partial charge in [0.1, 0.15) is 12.1 Å². The number of ether oxygens (including phenoxy) is 1. The van der Waals surface area contributed by atoms with E-state index in [9.17, 15) is 19.7 Å². The van der Waals surface area contributed by atoms with E-state index in [0.29, 0.717) is 10.0 Å². The lowest BCUT2D eigenvalue weighted by atomic mass is 10.2. The molecule has 1 rings (SSSR count). The first kappa shape index (κ1) is 16.1. The third kappa shape index (κ3) is 4.30. The Morgan fingerprint density at radius 1 is 1.45 bits per heavy atom. The molecule has 8 heteroatoms. The fourth-order valence-corrected chi connectivity index (χ4v) is 2.18. The van der Waals surface area contributed by atoms with Crippen LogP contribution < -0.4 is 5.32 Å². The van der Waals surface area contributed by atoms with Gasteiger partial charge in [0.2, 0.25) is 5.91 Å². The topological polar surface area (TPSA) is 98.5 Å². The zero-order valence-electron chi connectivity index (χ0n) is 10.9. The van der Waals surface area contributed by atoms with E-state index in [0.717, 1.165) is 0 Å². The second kappa shape index (κ2) is 6.99. The van der Waals surface area contributed by atoms with E-state index in [1.165, 1.54) is 6.07 Å². The number of anilines is 1. The van der Waals surface area contributed by atoms with Gasteiger partial charge in [0, 0.05) is 10.5 Å². The molecular weight excluding hydrogens is 332 g/mol. The van der Waals surface area contributed by atoms with Gasteiger partial charge in [-0.15, -0.1) is 0 Å². The molecule has 1 aromatic rings. The Morgan fingerprint density at radius 2 is 2.10 bits per heavy atom. The molecule has 0 saturated heterocycles. The Bertz CT molecular complexity index is 559. The Balaban J connectivity index is 2.94. The van der Waals surface area contributed by atoms with Crippen molar-refractivity contribution in [2.24, 2.45) is 0 Å². The van der Waals surface area contributed by atoms with Gasteiger partial charge in [0.05, 0.1) is 11.5 Å². The normalized spacial score (nSPS) is 9.95. The number of esters is 1. The van der Waals surface area contributed by atoms with E-state index in [2.05, 4.69) is 26.0 Å². The van der Waals surface area contributed by atoms with Crippen molar-refractivity contribution in [2.75, 3.05) is 11.9 Å². The number of nitrogens with zero attached hydrogens (tertiary/aromatic N) is 1. The molecule has 0 spiro atoms. The average molecular weight is 345 g/mol. The molecule has 0 saturated carbocycles. The minimum Gasteiger partial charge on any atom is -0.466 e. The second-order valence-corrected chi connectivity index (χ2v) is 4.78. The molecule has 1 aromatic carbocycles. The van der Waals surface area contributed by atoms with Gasteiger partial charge in [-0.3, -0.25) is 19.7 Å². The molecule has 108 valence electrons. The number of hydrogen-bond donors (Lipinski definition) is 1. The van der Waals surface area contributed by atoms with Crippen LogP contribution in [0.5, 0.6) is 0 Å². The zero-order valence-corrected chi connectivity index (χ0v) is 12.5. The molecule has 0 aliphatic heterocycles. The van der Waals surface area contributed by atoms with Crippen LogP contribution in [0.1, 0.15) is 18.9 Å². The molecule has 0 atom stereocenters. The number of nitrogens with one attached hydrogen (secondary N) is 1. The number of nitro groups is 1. The summed E-state index contributed by atoms with van der Waals surface area (Å²) in [6, 6.07) is 2.97. The van der Waals surface area contributed by atoms with Gasteiger partial charge in [0.15, 0.2) is 0 Å². The fourth-order valence-electron chi connectivity index (χ4n) is 1.52. The number of benzene rings is 1. The van der Waals surface area contributed by atoms with Crippen LogP contribution in [0.15, 0.2) is 16.6 Å². The molecule has 0 aromatic heterocycles. The van der Waals surface area contributed by atoms with Crippen LogP contribution in [-0.4, -0.2) is 23.4 Å². The summed E-state index contributed by atoms with van der Waals surface area (Å²) in [4.78, 5) is 33.2. The van der Waals surface area contributed by atoms with Crippen LogP contribution >= 0.6 is 15.9 Å². The van der Waals surface area contributed by atoms with Gasteiger partial charge >= 0.3 is 5.97 Å². The molecule has 0 heterocycles. The summed E-state index contributed by atoms with van der Waals surface area (Å²) >= 11 is 3.16. The first-order valence-corrected chi connectivity index (χ1v) is 6.54. The highest BCUT2D eigenvalue weighted by Gasteiger charge is 2.21. The van der Waals surface area contributed by atoms with Crippen molar-refractivity contribution in [3.63, 3.8) is 0 Å². The summed E-state index contributed by atoms with van der Waals surface area (Å²) in [7, 11) is 0. The second-order valence-electron chi connectivity index (χ2n) is 3.93. The van der Waals surface area contributed by atoms with E-state index in [-0.39, 0.29) is 18.0 Å². The van der Waals surface area contributed by atoms with Crippen LogP contribution in [-0.2, 0) is 14.3 Å². The minimum absolute atomic E-state index is 0.0231. The SMILES string of the molecule is CCOC(=O)CC(=O)Nc1c(Br)cc(C)cc1[N+](=O)[O-]. The van der Waals surface area contributed by atoms with Crippen LogP contribution in [0.2, 0.25) is 0 Å². The van der Waals surface area contributed by atoms with Crippen molar-refractivity contribution in [1.82, 2.24) is 0 Å². The molecule has 0 fully saturated rings. The lowest BCUT2D eigenvalue weighted by Gasteiger charge is -2.09. The third-order valence-corrected chi connectivity index (χ3v) is 2.91. The first-order valence-electron chi connectivity index (χ1n) is 5.75. The number of amides is 1. The number of carbonyl (C=O) groups excluding carboxylic acids is 2. The smallest absolute Gasteiger partial charge is 0.315 e. The molecule has 0 aliphatic rings. The lowest BCUT2D eigenvalue weighted by Crippen LogP contribution is -2.19. The van der Waals surface area contributed by atoms with Crippen LogP contribution in [0.25, 0.3) is 0 Å². The van der Waals surface area contributed by atoms with Gasteiger partial charge in [-0.1, -0.05) is 0 Å². The zero-order chi connectivity index (χ0) is 15.3. The maximum absolute atomic E-state index is 11.7. The van der Waals surface area contributed by atoms with Crippen molar-refractivity contribution in [3.05, 3.63) is 32.3 Å². The number of hydrogen-bond acceptors (Lipinski definition) is 5. The van der Waals surface area contributed by atoms with E-state index < -0.39 is 23.2 Å². The number of aryl methyl sites for hydroxylation is 1. The van der Waals surface area contributed by atoms with Crippen LogP contribution in [0.3, 0.4) is 0 Å². The van der Waals surface area contributed by atoms with Crippen molar-refractivity contribution in [2.45, 2.75) is 20.3 Å². The predicted octanol–water partition coefficient (Wildman–Crippen LogP) is 2.56. The maximum atomic E-state index is 11.7. The lowest BCUT2D eigenvalue weighted by molar-refractivity contribution is -0.384. The van der Waals surface area contributed by atoms with Gasteiger partial charge in [-0.25, -0.2) is 0 Å². The van der Waals surface area contributed by atoms with Gasteiger partial charge in [0.25, 0.3) is 5.69 Å². The van der Waals surface area contributed by atoms with Crippen molar-refractivity contribution < 1.29 is 19.2 Å². The Morgan fingerprint density at radius 3 is 2.65 bits per heavy atom. The number of rotatable bonds is 5. The summed E-state index contributed by atoms with van der Waals surface area (Å²) in [6.07, 6.45) is -0.495. The van der Waals surface area contributed by atoms with E-state index in [1.807, 2.05) is 0 Å². The minimum atomic E-state index is -0.684. The highest BCUT2D eigenvalue weighted by atomic mass is 79.9. The molecule has 0 aliphatic carbocycles. The molecule has 20 heavy (non-hydrogen) atoms. The van der Waals surface area contributed by atoms with Crippen LogP contribution in [0, 0.1) is 17.0 Å². The maximum Gasteiger partial charge on any atom is 0.315 e. The molecule has 0 unspecified atom stereocenters. The predicted molar refractivity (Wildman–Crippen MR) is 75.4 cm³/mol.